The zero-order valence-electron chi connectivity index (χ0n) is 8.86. The second-order valence-electron chi connectivity index (χ2n) is 3.66. The molecule has 1 aromatic carbocycles. The number of amides is 1. The van der Waals surface area contributed by atoms with E-state index in [1.165, 1.54) is 0 Å². The summed E-state index contributed by atoms with van der Waals surface area (Å²) in [5, 5.41) is 1.59. The first kappa shape index (κ1) is 9.98. The lowest BCUT2D eigenvalue weighted by molar-refractivity contribution is -0.117. The number of carbonyl (C=O) groups excluding carboxylic acids is 1. The molecule has 4 nitrogen and oxygen atoms in total. The molecule has 1 heterocycles. The summed E-state index contributed by atoms with van der Waals surface area (Å²) in [6, 6.07) is 7.61. The highest BCUT2D eigenvalue weighted by molar-refractivity contribution is 5.94. The van der Waals surface area contributed by atoms with E-state index in [1.54, 1.807) is 12.1 Å². The van der Waals surface area contributed by atoms with Crippen molar-refractivity contribution in [1.29, 1.82) is 0 Å². The maximum Gasteiger partial charge on any atom is 0.242 e. The van der Waals surface area contributed by atoms with Gasteiger partial charge in [0.1, 0.15) is 5.75 Å². The Morgan fingerprint density at radius 3 is 2.53 bits per heavy atom. The van der Waals surface area contributed by atoms with E-state index in [-0.39, 0.29) is 11.9 Å². The normalized spacial score (nSPS) is 20.8. The minimum absolute atomic E-state index is 0.104. The van der Waals surface area contributed by atoms with Crippen LogP contribution in [0.5, 0.6) is 5.75 Å². The Hall–Kier alpha value is -1.55. The average Bonchev–Trinajstić information content (AvgIpc) is 2.58. The van der Waals surface area contributed by atoms with E-state index < -0.39 is 0 Å². The van der Waals surface area contributed by atoms with E-state index in [2.05, 4.69) is 5.43 Å². The smallest absolute Gasteiger partial charge is 0.242 e. The molecule has 1 aromatic rings. The van der Waals surface area contributed by atoms with E-state index in [0.717, 1.165) is 11.4 Å². The van der Waals surface area contributed by atoms with Crippen molar-refractivity contribution in [2.24, 2.45) is 0 Å². The molecule has 1 atom stereocenters. The van der Waals surface area contributed by atoms with Crippen LogP contribution in [-0.4, -0.2) is 19.1 Å². The number of hydrogen-bond acceptors (Lipinski definition) is 3. The predicted molar refractivity (Wildman–Crippen MR) is 57.7 cm³/mol. The van der Waals surface area contributed by atoms with Crippen LogP contribution in [0.2, 0.25) is 0 Å². The Kier molecular flexibility index (Phi) is 2.60. The summed E-state index contributed by atoms with van der Waals surface area (Å²) in [4.78, 5) is 11.6. The number of hydrogen-bond donors (Lipinski definition) is 1. The molecule has 0 radical (unpaired) electrons. The molecule has 0 aromatic heterocycles. The third-order valence-corrected chi connectivity index (χ3v) is 2.41. The van der Waals surface area contributed by atoms with Gasteiger partial charge < -0.3 is 4.74 Å². The molecule has 1 amide bonds. The Morgan fingerprint density at radius 1 is 1.40 bits per heavy atom. The van der Waals surface area contributed by atoms with Gasteiger partial charge in [-0.3, -0.25) is 4.79 Å². The number of nitrogens with zero attached hydrogens (tertiary/aromatic N) is 1. The Bertz CT molecular complexity index is 361. The highest BCUT2D eigenvalue weighted by Crippen LogP contribution is 2.21. The van der Waals surface area contributed by atoms with E-state index >= 15 is 0 Å². The molecular weight excluding hydrogens is 192 g/mol. The molecule has 0 aliphatic carbocycles. The minimum Gasteiger partial charge on any atom is -0.497 e. The SMILES string of the molecule is COc1ccc(N2NC(C)CC2=O)cc1. The number of ether oxygens (including phenoxy) is 1. The van der Waals surface area contributed by atoms with Crippen molar-refractivity contribution >= 4 is 11.6 Å². The third-order valence-electron chi connectivity index (χ3n) is 2.41. The van der Waals surface area contributed by atoms with Gasteiger partial charge in [-0.05, 0) is 31.2 Å². The summed E-state index contributed by atoms with van der Waals surface area (Å²) < 4.78 is 5.06. The summed E-state index contributed by atoms with van der Waals surface area (Å²) in [6.45, 7) is 1.99. The number of rotatable bonds is 2. The summed E-state index contributed by atoms with van der Waals surface area (Å²) in [6.07, 6.45) is 0.548. The van der Waals surface area contributed by atoms with Crippen LogP contribution in [-0.2, 0) is 4.79 Å². The largest absolute Gasteiger partial charge is 0.497 e. The monoisotopic (exact) mass is 206 g/mol. The van der Waals surface area contributed by atoms with Gasteiger partial charge in [0.15, 0.2) is 0 Å². The molecule has 1 N–H and O–H groups in total. The Labute approximate surface area is 88.8 Å². The summed E-state index contributed by atoms with van der Waals surface area (Å²) in [7, 11) is 1.62. The molecule has 0 bridgehead atoms. The first-order valence-corrected chi connectivity index (χ1v) is 4.94. The molecule has 0 spiro atoms. The average molecular weight is 206 g/mol. The molecule has 2 rings (SSSR count). The summed E-state index contributed by atoms with van der Waals surface area (Å²) >= 11 is 0. The Morgan fingerprint density at radius 2 is 2.07 bits per heavy atom. The number of carbonyl (C=O) groups is 1. The van der Waals surface area contributed by atoms with Crippen LogP contribution in [0, 0.1) is 0 Å². The fraction of sp³-hybridized carbons (Fsp3) is 0.364. The minimum atomic E-state index is 0.104. The quantitative estimate of drug-likeness (QED) is 0.793. The van der Waals surface area contributed by atoms with E-state index in [0.29, 0.717) is 6.42 Å². The number of nitrogens with one attached hydrogen (secondary N) is 1. The van der Waals surface area contributed by atoms with Crippen LogP contribution in [0.15, 0.2) is 24.3 Å². The lowest BCUT2D eigenvalue weighted by Crippen LogP contribution is -2.36. The van der Waals surface area contributed by atoms with Gasteiger partial charge in [-0.1, -0.05) is 0 Å². The first-order valence-electron chi connectivity index (χ1n) is 4.94. The molecule has 1 unspecified atom stereocenters. The highest BCUT2D eigenvalue weighted by atomic mass is 16.5. The lowest BCUT2D eigenvalue weighted by Gasteiger charge is -2.16. The topological polar surface area (TPSA) is 41.6 Å². The van der Waals surface area contributed by atoms with Crippen molar-refractivity contribution in [2.45, 2.75) is 19.4 Å². The van der Waals surface area contributed by atoms with Crippen LogP contribution in [0.4, 0.5) is 5.69 Å². The second kappa shape index (κ2) is 3.90. The van der Waals surface area contributed by atoms with Crippen molar-refractivity contribution in [1.82, 2.24) is 5.43 Å². The second-order valence-corrected chi connectivity index (χ2v) is 3.66. The predicted octanol–water partition coefficient (Wildman–Crippen LogP) is 1.32. The Balaban J connectivity index is 2.19. The van der Waals surface area contributed by atoms with Gasteiger partial charge in [0.25, 0.3) is 0 Å². The first-order chi connectivity index (χ1) is 7.20. The van der Waals surface area contributed by atoms with Gasteiger partial charge in [0, 0.05) is 12.5 Å². The zero-order valence-corrected chi connectivity index (χ0v) is 8.86. The van der Waals surface area contributed by atoms with Crippen molar-refractivity contribution in [3.63, 3.8) is 0 Å². The van der Waals surface area contributed by atoms with Crippen LogP contribution in [0.1, 0.15) is 13.3 Å². The van der Waals surface area contributed by atoms with E-state index in [9.17, 15) is 4.79 Å². The lowest BCUT2D eigenvalue weighted by atomic mass is 10.2. The van der Waals surface area contributed by atoms with Crippen LogP contribution in [0.3, 0.4) is 0 Å². The summed E-state index contributed by atoms with van der Waals surface area (Å²) in [5.74, 6) is 0.895. The highest BCUT2D eigenvalue weighted by Gasteiger charge is 2.26. The number of hydrazine groups is 1. The third kappa shape index (κ3) is 1.94. The van der Waals surface area contributed by atoms with Crippen LogP contribution >= 0.6 is 0 Å². The number of benzene rings is 1. The van der Waals surface area contributed by atoms with Gasteiger partial charge >= 0.3 is 0 Å². The van der Waals surface area contributed by atoms with Crippen molar-refractivity contribution in [3.8, 4) is 5.75 Å². The molecular formula is C11H14N2O2. The standard InChI is InChI=1S/C11H14N2O2/c1-8-7-11(14)13(12-8)9-3-5-10(15-2)6-4-9/h3-6,8,12H,7H2,1-2H3. The van der Waals surface area contributed by atoms with Gasteiger partial charge in [-0.2, -0.15) is 0 Å². The number of methoxy groups -OCH3 is 1. The van der Waals surface area contributed by atoms with Crippen molar-refractivity contribution in [2.75, 3.05) is 12.1 Å². The zero-order chi connectivity index (χ0) is 10.8. The molecule has 1 fully saturated rings. The summed E-state index contributed by atoms with van der Waals surface area (Å²) in [5.41, 5.74) is 3.95. The molecule has 1 aliphatic rings. The molecule has 80 valence electrons. The van der Waals surface area contributed by atoms with E-state index in [4.69, 9.17) is 4.74 Å². The molecule has 1 saturated heterocycles. The molecule has 0 saturated carbocycles. The molecule has 15 heavy (non-hydrogen) atoms. The van der Waals surface area contributed by atoms with Gasteiger partial charge in [0.05, 0.1) is 12.8 Å². The van der Waals surface area contributed by atoms with Crippen LogP contribution in [0.25, 0.3) is 0 Å². The fourth-order valence-corrected chi connectivity index (χ4v) is 1.64. The maximum atomic E-state index is 11.6. The molecule has 4 heteroatoms. The van der Waals surface area contributed by atoms with Gasteiger partial charge in [-0.15, -0.1) is 0 Å². The maximum absolute atomic E-state index is 11.6. The van der Waals surface area contributed by atoms with Crippen molar-refractivity contribution < 1.29 is 9.53 Å². The number of anilines is 1. The van der Waals surface area contributed by atoms with E-state index in [1.807, 2.05) is 31.2 Å². The van der Waals surface area contributed by atoms with Crippen LogP contribution < -0.4 is 15.2 Å². The molecule has 1 aliphatic heterocycles. The van der Waals surface area contributed by atoms with Gasteiger partial charge in [-0.25, -0.2) is 10.4 Å². The van der Waals surface area contributed by atoms with Crippen molar-refractivity contribution in [3.05, 3.63) is 24.3 Å². The fourth-order valence-electron chi connectivity index (χ4n) is 1.64. The van der Waals surface area contributed by atoms with Gasteiger partial charge in [0.2, 0.25) is 5.91 Å².